The minimum absolute atomic E-state index is 0.251. The van der Waals surface area contributed by atoms with E-state index in [-0.39, 0.29) is 17.6 Å². The molecule has 1 aromatic rings. The summed E-state index contributed by atoms with van der Waals surface area (Å²) in [6.45, 7) is 1.25. The normalized spacial score (nSPS) is 32.4. The van der Waals surface area contributed by atoms with E-state index in [0.29, 0.717) is 13.1 Å². The number of nitrogens with zero attached hydrogens (tertiary/aromatic N) is 2. The molecular weight excluding hydrogens is 404 g/mol. The first-order valence-electron chi connectivity index (χ1n) is 12.4. The molecule has 0 spiro atoms. The average molecular weight is 439 g/mol. The first kappa shape index (κ1) is 20.4. The molecule has 4 saturated carbocycles. The van der Waals surface area contributed by atoms with Crippen molar-refractivity contribution in [1.82, 2.24) is 0 Å². The summed E-state index contributed by atoms with van der Waals surface area (Å²) in [6, 6.07) is 2.44. The number of hydrogen-bond donors (Lipinski definition) is 0. The smallest absolute Gasteiger partial charge is 0.414 e. The van der Waals surface area contributed by atoms with Gasteiger partial charge in [0.15, 0.2) is 0 Å². The lowest BCUT2D eigenvalue weighted by molar-refractivity contribution is -0.00563. The Hall–Kier alpha value is -2.24. The van der Waals surface area contributed by atoms with E-state index >= 15 is 0 Å². The van der Waals surface area contributed by atoms with Gasteiger partial charge in [0, 0.05) is 13.1 Å². The lowest BCUT2D eigenvalue weighted by Gasteiger charge is -2.58. The zero-order valence-electron chi connectivity index (χ0n) is 19.3. The molecule has 6 aliphatic rings. The number of carbonyl (C=O) groups excluding carboxylic acids is 2. The molecule has 0 aromatic heterocycles. The second-order valence-electron chi connectivity index (χ2n) is 10.9. The molecule has 4 bridgehead atoms. The van der Waals surface area contributed by atoms with Gasteiger partial charge in [-0.1, -0.05) is 6.07 Å². The molecule has 6 nitrogen and oxygen atoms in total. The Morgan fingerprint density at radius 3 is 1.94 bits per heavy atom. The number of anilines is 2. The van der Waals surface area contributed by atoms with Gasteiger partial charge in [-0.25, -0.2) is 9.59 Å². The minimum Gasteiger partial charge on any atom is -0.452 e. The highest BCUT2D eigenvalue weighted by molar-refractivity contribution is 6.01. The molecule has 32 heavy (non-hydrogen) atoms. The predicted molar refractivity (Wildman–Crippen MR) is 122 cm³/mol. The summed E-state index contributed by atoms with van der Waals surface area (Å²) in [4.78, 5) is 29.2. The summed E-state index contributed by atoms with van der Waals surface area (Å²) in [5, 5.41) is 0. The Morgan fingerprint density at radius 1 is 0.844 bits per heavy atom. The fourth-order valence-electron chi connectivity index (χ4n) is 8.35. The maximum absolute atomic E-state index is 12.9. The van der Waals surface area contributed by atoms with Gasteiger partial charge in [0.1, 0.15) is 0 Å². The van der Waals surface area contributed by atoms with Crippen LogP contribution in [-0.2, 0) is 27.7 Å². The molecule has 0 atom stereocenters. The van der Waals surface area contributed by atoms with E-state index in [9.17, 15) is 9.59 Å². The lowest BCUT2D eigenvalue weighted by atomic mass is 9.47. The van der Waals surface area contributed by atoms with Crippen LogP contribution in [0.4, 0.5) is 21.0 Å². The van der Waals surface area contributed by atoms with Crippen LogP contribution in [0.2, 0.25) is 0 Å². The minimum atomic E-state index is -0.342. The number of aryl methyl sites for hydroxylation is 1. The van der Waals surface area contributed by atoms with Crippen molar-refractivity contribution in [3.8, 4) is 0 Å². The quantitative estimate of drug-likeness (QED) is 0.605. The predicted octanol–water partition coefficient (Wildman–Crippen LogP) is 5.19. The third-order valence-electron chi connectivity index (χ3n) is 9.03. The Kier molecular flexibility index (Phi) is 4.71. The Morgan fingerprint density at radius 2 is 1.38 bits per heavy atom. The van der Waals surface area contributed by atoms with Gasteiger partial charge in [-0.05, 0) is 104 Å². The number of hydrogen-bond acceptors (Lipinski definition) is 4. The number of amides is 2. The molecular formula is C26H34N2O4. The van der Waals surface area contributed by atoms with Crippen molar-refractivity contribution in [3.05, 3.63) is 22.8 Å². The molecule has 0 radical (unpaired) electrons. The van der Waals surface area contributed by atoms with Crippen molar-refractivity contribution in [2.24, 2.45) is 17.8 Å². The topological polar surface area (TPSA) is 59.1 Å². The Balaban J connectivity index is 1.57. The summed E-state index contributed by atoms with van der Waals surface area (Å²) in [7, 11) is 2.88. The van der Waals surface area contributed by atoms with E-state index in [1.54, 1.807) is 9.80 Å². The molecule has 2 aliphatic heterocycles. The van der Waals surface area contributed by atoms with Gasteiger partial charge in [-0.3, -0.25) is 9.80 Å². The molecule has 4 fully saturated rings. The largest absolute Gasteiger partial charge is 0.452 e. The molecule has 0 saturated heterocycles. The van der Waals surface area contributed by atoms with Crippen molar-refractivity contribution >= 4 is 23.6 Å². The van der Waals surface area contributed by atoms with Crippen molar-refractivity contribution in [3.63, 3.8) is 0 Å². The van der Waals surface area contributed by atoms with Crippen molar-refractivity contribution in [2.45, 2.75) is 69.6 Å². The molecule has 0 unspecified atom stereocenters. The SMILES string of the molecule is COC(=O)N1CCCc2cc(C34CC5CC(CC(C5)C3)C4)c3c(c21)N(C(=O)OC)CCC3. The summed E-state index contributed by atoms with van der Waals surface area (Å²) >= 11 is 0. The number of ether oxygens (including phenoxy) is 2. The summed E-state index contributed by atoms with van der Waals surface area (Å²) in [5.74, 6) is 2.58. The van der Waals surface area contributed by atoms with E-state index in [4.69, 9.17) is 9.47 Å². The van der Waals surface area contributed by atoms with Gasteiger partial charge < -0.3 is 9.47 Å². The second kappa shape index (κ2) is 7.39. The van der Waals surface area contributed by atoms with Gasteiger partial charge >= 0.3 is 12.2 Å². The fraction of sp³-hybridized carbons (Fsp3) is 0.692. The van der Waals surface area contributed by atoms with Crippen molar-refractivity contribution in [2.75, 3.05) is 37.1 Å². The fourth-order valence-corrected chi connectivity index (χ4v) is 8.35. The highest BCUT2D eigenvalue weighted by Crippen LogP contribution is 2.62. The third-order valence-corrected chi connectivity index (χ3v) is 9.03. The molecule has 2 heterocycles. The Labute approximate surface area is 190 Å². The van der Waals surface area contributed by atoms with Gasteiger partial charge in [-0.15, -0.1) is 0 Å². The summed E-state index contributed by atoms with van der Waals surface area (Å²) in [6.07, 6.45) is 11.2. The summed E-state index contributed by atoms with van der Waals surface area (Å²) in [5.41, 5.74) is 6.04. The van der Waals surface area contributed by atoms with Crippen LogP contribution in [0.3, 0.4) is 0 Å². The van der Waals surface area contributed by atoms with Gasteiger partial charge in [0.2, 0.25) is 0 Å². The zero-order valence-corrected chi connectivity index (χ0v) is 19.3. The van der Waals surface area contributed by atoms with Crippen LogP contribution in [0, 0.1) is 17.8 Å². The van der Waals surface area contributed by atoms with E-state index < -0.39 is 0 Å². The maximum atomic E-state index is 12.9. The van der Waals surface area contributed by atoms with Gasteiger partial charge in [0.25, 0.3) is 0 Å². The molecule has 6 heteroatoms. The first-order valence-corrected chi connectivity index (χ1v) is 12.4. The zero-order chi connectivity index (χ0) is 22.0. The monoisotopic (exact) mass is 438 g/mol. The second-order valence-corrected chi connectivity index (χ2v) is 10.9. The molecule has 7 rings (SSSR count). The van der Waals surface area contributed by atoms with E-state index in [2.05, 4.69) is 6.07 Å². The number of fused-ring (bicyclic) bond motifs is 3. The highest BCUT2D eigenvalue weighted by atomic mass is 16.5. The standard InChI is InChI=1S/C26H34N2O4/c1-31-24(29)27-7-3-5-19-12-21(26-13-16-9-17(14-26)11-18(10-16)15-26)20-6-4-8-28(25(30)32-2)23(20)22(19)27/h12,16-18H,3-11,13-15H2,1-2H3. The van der Waals surface area contributed by atoms with Crippen LogP contribution in [0.1, 0.15) is 68.1 Å². The molecule has 4 aliphatic carbocycles. The molecule has 2 amide bonds. The molecule has 0 N–H and O–H groups in total. The van der Waals surface area contributed by atoms with E-state index in [1.165, 1.54) is 69.4 Å². The number of carbonyl (C=O) groups is 2. The lowest BCUT2D eigenvalue weighted by Crippen LogP contribution is -2.50. The Bertz CT molecular complexity index is 936. The van der Waals surface area contributed by atoms with Crippen molar-refractivity contribution in [1.29, 1.82) is 0 Å². The van der Waals surface area contributed by atoms with Crippen LogP contribution in [0.5, 0.6) is 0 Å². The molecule has 172 valence electrons. The summed E-state index contributed by atoms with van der Waals surface area (Å²) < 4.78 is 10.3. The van der Waals surface area contributed by atoms with Crippen molar-refractivity contribution < 1.29 is 19.1 Å². The number of rotatable bonds is 1. The highest BCUT2D eigenvalue weighted by Gasteiger charge is 2.53. The number of methoxy groups -OCH3 is 2. The first-order chi connectivity index (χ1) is 15.5. The number of benzene rings is 1. The molecule has 1 aromatic carbocycles. The van der Waals surface area contributed by atoms with E-state index in [1.807, 2.05) is 0 Å². The van der Waals surface area contributed by atoms with Gasteiger partial charge in [-0.2, -0.15) is 0 Å². The van der Waals surface area contributed by atoms with Crippen LogP contribution in [-0.4, -0.2) is 39.5 Å². The van der Waals surface area contributed by atoms with Crippen LogP contribution >= 0.6 is 0 Å². The average Bonchev–Trinajstić information content (AvgIpc) is 2.80. The van der Waals surface area contributed by atoms with Gasteiger partial charge in [0.05, 0.1) is 25.6 Å². The maximum Gasteiger partial charge on any atom is 0.414 e. The van der Waals surface area contributed by atoms with Crippen LogP contribution < -0.4 is 9.80 Å². The van der Waals surface area contributed by atoms with Crippen LogP contribution in [0.25, 0.3) is 0 Å². The van der Waals surface area contributed by atoms with E-state index in [0.717, 1.165) is 54.8 Å². The van der Waals surface area contributed by atoms with Crippen LogP contribution in [0.15, 0.2) is 6.07 Å². The third kappa shape index (κ3) is 2.90.